The molecule has 0 bridgehead atoms. The van der Waals surface area contributed by atoms with E-state index in [9.17, 15) is 9.13 Å². The molecule has 0 unspecified atom stereocenters. The summed E-state index contributed by atoms with van der Waals surface area (Å²) in [6, 6.07) is 0. The smallest absolute Gasteiger partial charge is 0.374 e. The molecule has 2 rings (SSSR count). The van der Waals surface area contributed by atoms with Crippen LogP contribution >= 0.6 is 15.2 Å². The zero-order valence-electron chi connectivity index (χ0n) is 17.8. The van der Waals surface area contributed by atoms with Crippen LogP contribution in [-0.2, 0) is 41.4 Å². The average molecular weight is 454 g/mol. The van der Waals surface area contributed by atoms with Gasteiger partial charge in [0.05, 0.1) is 49.6 Å². The first kappa shape index (κ1) is 24.6. The molecule has 0 saturated carbocycles. The summed E-state index contributed by atoms with van der Waals surface area (Å²) in [5.41, 5.74) is 0. The molecule has 0 aliphatic carbocycles. The lowest BCUT2D eigenvalue weighted by molar-refractivity contribution is -0.374. The summed E-state index contributed by atoms with van der Waals surface area (Å²) in [7, 11) is -7.04. The molecule has 9 nitrogen and oxygen atoms in total. The molecule has 168 valence electrons. The van der Waals surface area contributed by atoms with Crippen LogP contribution in [0.4, 0.5) is 0 Å². The van der Waals surface area contributed by atoms with Gasteiger partial charge in [-0.3, -0.25) is 9.13 Å². The maximum Gasteiger partial charge on any atom is 0.374 e. The van der Waals surface area contributed by atoms with E-state index in [-0.39, 0.29) is 39.3 Å². The van der Waals surface area contributed by atoms with Crippen molar-refractivity contribution >= 4 is 15.2 Å². The molecule has 0 atom stereocenters. The fraction of sp³-hybridized carbons (Fsp3) is 0.778. The van der Waals surface area contributed by atoms with Gasteiger partial charge in [0.1, 0.15) is 12.5 Å². The van der Waals surface area contributed by atoms with E-state index in [1.165, 1.54) is 12.5 Å². The molecular weight excluding hydrogens is 422 g/mol. The Labute approximate surface area is 172 Å². The molecule has 2 heterocycles. The highest BCUT2D eigenvalue weighted by atomic mass is 31.2. The second-order valence-corrected chi connectivity index (χ2v) is 10.4. The van der Waals surface area contributed by atoms with Crippen LogP contribution in [0.2, 0.25) is 0 Å². The summed E-state index contributed by atoms with van der Waals surface area (Å²) in [5, 5.41) is 0.767. The van der Waals surface area contributed by atoms with Crippen molar-refractivity contribution in [1.29, 1.82) is 0 Å². The minimum Gasteiger partial charge on any atom is -0.437 e. The maximum absolute atomic E-state index is 13.2. The van der Waals surface area contributed by atoms with Crippen LogP contribution in [0.1, 0.15) is 47.5 Å². The fourth-order valence-electron chi connectivity index (χ4n) is 3.27. The molecule has 0 fully saturated rings. The van der Waals surface area contributed by atoms with Gasteiger partial charge in [-0.2, -0.15) is 0 Å². The Morgan fingerprint density at radius 1 is 0.793 bits per heavy atom. The van der Waals surface area contributed by atoms with Gasteiger partial charge in [-0.25, -0.2) is 0 Å². The van der Waals surface area contributed by atoms with Crippen molar-refractivity contribution in [2.45, 2.75) is 53.4 Å². The normalized spacial score (nSPS) is 24.8. The quantitative estimate of drug-likeness (QED) is 0.361. The van der Waals surface area contributed by atoms with Gasteiger partial charge in [0.15, 0.2) is 0 Å². The largest absolute Gasteiger partial charge is 0.437 e. The summed E-state index contributed by atoms with van der Waals surface area (Å²) >= 11 is 0. The summed E-state index contributed by atoms with van der Waals surface area (Å²) in [6.45, 7) is 10.00. The molecule has 0 N–H and O–H groups in total. The number of allylic oxidation sites excluding steroid dienone is 2. The Bertz CT molecular complexity index is 631. The van der Waals surface area contributed by atoms with Gasteiger partial charge in [-0.15, -0.1) is 0 Å². The van der Waals surface area contributed by atoms with E-state index in [1.807, 2.05) is 6.92 Å². The molecule has 2 aliphatic rings. The van der Waals surface area contributed by atoms with Crippen molar-refractivity contribution in [1.82, 2.24) is 0 Å². The Balaban J connectivity index is 2.35. The minimum absolute atomic E-state index is 0.224. The molecule has 0 amide bonds. The third kappa shape index (κ3) is 5.34. The van der Waals surface area contributed by atoms with E-state index in [1.54, 1.807) is 27.7 Å². The Hall–Kier alpha value is -0.660. The van der Waals surface area contributed by atoms with Gasteiger partial charge < -0.3 is 32.3 Å². The molecule has 0 saturated heterocycles. The zero-order chi connectivity index (χ0) is 21.5. The lowest BCUT2D eigenvalue weighted by atomic mass is 9.95. The van der Waals surface area contributed by atoms with Crippen molar-refractivity contribution in [3.05, 3.63) is 23.2 Å². The van der Waals surface area contributed by atoms with Gasteiger partial charge in [0, 0.05) is 0 Å². The Morgan fingerprint density at radius 3 is 1.48 bits per heavy atom. The topological polar surface area (TPSA) is 98.8 Å². The second kappa shape index (κ2) is 10.6. The summed E-state index contributed by atoms with van der Waals surface area (Å²) in [4.78, 5) is 0. The monoisotopic (exact) mass is 454 g/mol. The maximum atomic E-state index is 13.2. The third-order valence-electron chi connectivity index (χ3n) is 4.37. The van der Waals surface area contributed by atoms with E-state index in [4.69, 9.17) is 32.3 Å². The van der Waals surface area contributed by atoms with Crippen molar-refractivity contribution < 1.29 is 41.4 Å². The number of hydrogen-bond donors (Lipinski definition) is 0. The standard InChI is InChI=1S/C18H32O9P2/c1-6-21-18-15(11-16(13-22-18)28(19,24-7-2)25-8-3)12-17(14-23-18)29(20,26-9-4)27-10-5/h13-15H,6-12H2,1-5H3. The van der Waals surface area contributed by atoms with Gasteiger partial charge >= 0.3 is 21.2 Å². The van der Waals surface area contributed by atoms with Gasteiger partial charge in [-0.1, -0.05) is 0 Å². The van der Waals surface area contributed by atoms with Crippen LogP contribution in [0.15, 0.2) is 23.2 Å². The van der Waals surface area contributed by atoms with Crippen LogP contribution < -0.4 is 0 Å². The number of rotatable bonds is 12. The van der Waals surface area contributed by atoms with Crippen LogP contribution in [0.3, 0.4) is 0 Å². The lowest BCUT2D eigenvalue weighted by Crippen LogP contribution is -2.48. The predicted molar refractivity (Wildman–Crippen MR) is 107 cm³/mol. The van der Waals surface area contributed by atoms with E-state index >= 15 is 0 Å². The molecule has 29 heavy (non-hydrogen) atoms. The lowest BCUT2D eigenvalue weighted by Gasteiger charge is -2.44. The van der Waals surface area contributed by atoms with Crippen molar-refractivity contribution in [3.8, 4) is 0 Å². The molecule has 0 aromatic rings. The first-order valence-electron chi connectivity index (χ1n) is 9.99. The zero-order valence-corrected chi connectivity index (χ0v) is 19.5. The number of ether oxygens (including phenoxy) is 3. The molecular formula is C18H32O9P2. The second-order valence-electron chi connectivity index (χ2n) is 6.26. The van der Waals surface area contributed by atoms with Crippen molar-refractivity contribution in [2.24, 2.45) is 5.92 Å². The molecule has 0 aromatic carbocycles. The summed E-state index contributed by atoms with van der Waals surface area (Å²) in [6.07, 6.45) is 3.18. The Morgan fingerprint density at radius 2 is 1.17 bits per heavy atom. The van der Waals surface area contributed by atoms with Gasteiger partial charge in [0.25, 0.3) is 0 Å². The van der Waals surface area contributed by atoms with Gasteiger partial charge in [0.2, 0.25) is 0 Å². The average Bonchev–Trinajstić information content (AvgIpc) is 2.68. The predicted octanol–water partition coefficient (Wildman–Crippen LogP) is 5.35. The molecule has 2 aliphatic heterocycles. The first-order chi connectivity index (χ1) is 13.8. The number of fused-ring (bicyclic) bond motifs is 1. The molecule has 0 spiro atoms. The minimum atomic E-state index is -3.52. The van der Waals surface area contributed by atoms with Crippen molar-refractivity contribution in [2.75, 3.05) is 33.0 Å². The molecule has 0 aromatic heterocycles. The highest BCUT2D eigenvalue weighted by molar-refractivity contribution is 7.58. The fourth-order valence-corrected chi connectivity index (χ4v) is 6.69. The molecule has 0 radical (unpaired) electrons. The third-order valence-corrected chi connectivity index (χ3v) is 8.75. The summed E-state index contributed by atoms with van der Waals surface area (Å²) < 4.78 is 65.5. The number of hydrogen-bond acceptors (Lipinski definition) is 9. The Kier molecular flexibility index (Phi) is 8.98. The van der Waals surface area contributed by atoms with Crippen LogP contribution in [0, 0.1) is 5.92 Å². The van der Waals surface area contributed by atoms with Gasteiger partial charge in [-0.05, 0) is 47.5 Å². The highest BCUT2D eigenvalue weighted by Crippen LogP contribution is 2.64. The first-order valence-corrected chi connectivity index (χ1v) is 13.1. The van der Waals surface area contributed by atoms with E-state index in [0.29, 0.717) is 17.2 Å². The van der Waals surface area contributed by atoms with E-state index < -0.39 is 27.1 Å². The molecule has 11 heteroatoms. The highest BCUT2D eigenvalue weighted by Gasteiger charge is 2.54. The van der Waals surface area contributed by atoms with Crippen LogP contribution in [0.25, 0.3) is 0 Å². The van der Waals surface area contributed by atoms with Crippen LogP contribution in [0.5, 0.6) is 0 Å². The SMILES string of the molecule is CCOC12OC=C(P(=O)(OCC)OCC)CC1CC(P(=O)(OCC)OCC)=CO2. The summed E-state index contributed by atoms with van der Waals surface area (Å²) in [5.74, 6) is -1.86. The van der Waals surface area contributed by atoms with E-state index in [0.717, 1.165) is 0 Å². The van der Waals surface area contributed by atoms with Crippen LogP contribution in [-0.4, -0.2) is 39.0 Å². The van der Waals surface area contributed by atoms with E-state index in [2.05, 4.69) is 0 Å². The van der Waals surface area contributed by atoms with Crippen molar-refractivity contribution in [3.63, 3.8) is 0 Å².